The molecule has 2 unspecified atom stereocenters. The van der Waals surface area contributed by atoms with E-state index in [4.69, 9.17) is 10.1 Å². The molecule has 0 spiro atoms. The number of aliphatic hydroxyl groups excluding tert-OH is 1. The fourth-order valence-electron chi connectivity index (χ4n) is 8.91. The zero-order chi connectivity index (χ0) is 29.2. The van der Waals surface area contributed by atoms with Crippen molar-refractivity contribution in [2.24, 2.45) is 34.5 Å². The van der Waals surface area contributed by atoms with Crippen molar-refractivity contribution in [2.45, 2.75) is 76.9 Å². The average molecular weight is 587 g/mol. The van der Waals surface area contributed by atoms with Gasteiger partial charge < -0.3 is 15.3 Å². The number of esters is 1. The molecular formula is C31H38F2N3O4S+. The summed E-state index contributed by atoms with van der Waals surface area (Å²) >= 11 is 0.575. The Morgan fingerprint density at radius 1 is 1.27 bits per heavy atom. The number of carbonyl (C=O) groups is 2. The Morgan fingerprint density at radius 2 is 2.05 bits per heavy atom. The number of nitrogens with two attached hydrogens (primary N) is 1. The molecule has 0 radical (unpaired) electrons. The van der Waals surface area contributed by atoms with Crippen molar-refractivity contribution >= 4 is 34.7 Å². The normalized spacial score (nSPS) is 37.9. The van der Waals surface area contributed by atoms with Crippen LogP contribution in [0.4, 0.5) is 14.5 Å². The van der Waals surface area contributed by atoms with Crippen LogP contribution in [0.15, 0.2) is 41.2 Å². The number of ether oxygens (including phenoxy) is 1. The van der Waals surface area contributed by atoms with Crippen molar-refractivity contribution in [2.75, 3.05) is 6.01 Å². The van der Waals surface area contributed by atoms with E-state index in [0.29, 0.717) is 37.4 Å². The topological polar surface area (TPSA) is 117 Å². The van der Waals surface area contributed by atoms with Crippen LogP contribution in [0.5, 0.6) is 0 Å². The summed E-state index contributed by atoms with van der Waals surface area (Å²) in [5.41, 5.74) is 1.10. The van der Waals surface area contributed by atoms with Crippen molar-refractivity contribution in [3.63, 3.8) is 0 Å². The van der Waals surface area contributed by atoms with Gasteiger partial charge in [0.15, 0.2) is 11.3 Å². The van der Waals surface area contributed by atoms with Crippen molar-refractivity contribution in [1.29, 1.82) is 5.41 Å². The highest BCUT2D eigenvalue weighted by Crippen LogP contribution is 2.69. The molecule has 5 aliphatic rings. The second-order valence-electron chi connectivity index (χ2n) is 13.1. The number of hydrogen-bond acceptors (Lipinski definition) is 7. The van der Waals surface area contributed by atoms with Gasteiger partial charge in [0.1, 0.15) is 11.7 Å². The molecule has 41 heavy (non-hydrogen) atoms. The van der Waals surface area contributed by atoms with Crippen molar-refractivity contribution in [3.8, 4) is 0 Å². The van der Waals surface area contributed by atoms with Crippen LogP contribution in [0, 0.1) is 45.9 Å². The summed E-state index contributed by atoms with van der Waals surface area (Å²) in [5.74, 6) is -1.07. The smallest absolute Gasteiger partial charge is 0.309 e. The predicted molar refractivity (Wildman–Crippen MR) is 150 cm³/mol. The second-order valence-corrected chi connectivity index (χ2v) is 14.0. The van der Waals surface area contributed by atoms with Gasteiger partial charge in [-0.3, -0.25) is 14.9 Å². The number of aromatic nitrogens is 1. The molecule has 0 bridgehead atoms. The van der Waals surface area contributed by atoms with Crippen LogP contribution in [0.1, 0.15) is 65.2 Å². The van der Waals surface area contributed by atoms with Crippen LogP contribution in [0.2, 0.25) is 0 Å². The number of carbonyl (C=O) groups excluding carboxylic acids is 2. The molecule has 6 rings (SSSR count). The molecule has 10 heteroatoms. The average Bonchev–Trinajstić information content (AvgIpc) is 3.74. The van der Waals surface area contributed by atoms with Crippen LogP contribution >= 0.6 is 11.8 Å². The Balaban J connectivity index is 1.32. The molecule has 1 heterocycles. The van der Waals surface area contributed by atoms with E-state index in [2.05, 4.69) is 18.0 Å². The monoisotopic (exact) mass is 586 g/mol. The Hall–Kier alpha value is -2.43. The fraction of sp³-hybridized carbons (Fsp3) is 0.613. The van der Waals surface area contributed by atoms with Crippen LogP contribution in [-0.4, -0.2) is 45.1 Å². The number of nitrogens with zero attached hydrogens (tertiary/aromatic N) is 1. The van der Waals surface area contributed by atoms with Crippen LogP contribution in [0.3, 0.4) is 0 Å². The molecule has 5 aliphatic carbocycles. The number of pyridine rings is 1. The summed E-state index contributed by atoms with van der Waals surface area (Å²) in [6, 6.07) is 2.10. The molecule has 7 nitrogen and oxygen atoms in total. The van der Waals surface area contributed by atoms with Crippen molar-refractivity contribution in [3.05, 3.63) is 47.2 Å². The highest BCUT2D eigenvalue weighted by molar-refractivity contribution is 8.13. The summed E-state index contributed by atoms with van der Waals surface area (Å²) in [6.45, 7) is 4.16. The van der Waals surface area contributed by atoms with Crippen LogP contribution in [0.25, 0.3) is 0 Å². The van der Waals surface area contributed by atoms with E-state index in [9.17, 15) is 23.5 Å². The number of nitrogens with one attached hydrogen (secondary N) is 1. The standard InChI is InChI=1S/C31H37F2N3O4S/c1-29-12-18(14-34)23(36-20-6-8-25(33)35-15-20)11-19(29)5-7-21-22-9-10-31(28(39)41-16-32,40-27(38)17-3-4-17)30(22,2)13-24(37)26(21)29/h6,8,11,14-15,17,21-22,24,26,34,36-37H,3-5,7,9-10,12-13,16H2,1-2H3/p+1/t21-,22?,24-,26?,29-,30-,31-/m0/s1. The van der Waals surface area contributed by atoms with Gasteiger partial charge in [0.25, 0.3) is 0 Å². The summed E-state index contributed by atoms with van der Waals surface area (Å²) in [4.78, 5) is 30.2. The summed E-state index contributed by atoms with van der Waals surface area (Å²) < 4.78 is 32.9. The fourth-order valence-corrected chi connectivity index (χ4v) is 9.62. The number of thioether (sulfide) groups is 1. The van der Waals surface area contributed by atoms with Crippen molar-refractivity contribution in [1.82, 2.24) is 4.98 Å². The molecule has 7 atom stereocenters. The van der Waals surface area contributed by atoms with Crippen molar-refractivity contribution < 1.29 is 33.5 Å². The Labute approximate surface area is 243 Å². The van der Waals surface area contributed by atoms with Gasteiger partial charge in [-0.2, -0.15) is 4.39 Å². The third kappa shape index (κ3) is 4.52. The minimum atomic E-state index is -1.44. The molecule has 1 aromatic rings. The lowest BCUT2D eigenvalue weighted by molar-refractivity contribution is -0.513. The summed E-state index contributed by atoms with van der Waals surface area (Å²) in [6.07, 6.45) is 9.26. The minimum absolute atomic E-state index is 0.0381. The van der Waals surface area contributed by atoms with Gasteiger partial charge in [-0.05, 0) is 98.4 Å². The molecule has 4 N–H and O–H groups in total. The minimum Gasteiger partial charge on any atom is -0.449 e. The largest absolute Gasteiger partial charge is 0.449 e. The van der Waals surface area contributed by atoms with Gasteiger partial charge in [0.05, 0.1) is 18.2 Å². The van der Waals surface area contributed by atoms with E-state index in [1.165, 1.54) is 24.1 Å². The first-order chi connectivity index (χ1) is 19.6. The molecule has 0 saturated heterocycles. The maximum Gasteiger partial charge on any atom is 0.309 e. The maximum absolute atomic E-state index is 13.5. The number of hydrogen-bond donors (Lipinski definition) is 3. The van der Waals surface area contributed by atoms with E-state index < -0.39 is 34.2 Å². The number of quaternary nitrogens is 1. The van der Waals surface area contributed by atoms with Gasteiger partial charge in [-0.1, -0.05) is 19.4 Å². The quantitative estimate of drug-likeness (QED) is 0.241. The third-order valence-corrected chi connectivity index (χ3v) is 11.7. The van der Waals surface area contributed by atoms with Gasteiger partial charge in [-0.15, -0.1) is 0 Å². The van der Waals surface area contributed by atoms with Gasteiger partial charge in [0.2, 0.25) is 11.1 Å². The first-order valence-electron chi connectivity index (χ1n) is 14.6. The molecule has 0 aromatic carbocycles. The highest BCUT2D eigenvalue weighted by atomic mass is 32.2. The summed E-state index contributed by atoms with van der Waals surface area (Å²) in [7, 11) is 0. The molecule has 0 amide bonds. The van der Waals surface area contributed by atoms with Crippen LogP contribution in [-0.2, 0) is 14.3 Å². The highest BCUT2D eigenvalue weighted by Gasteiger charge is 2.71. The lowest BCUT2D eigenvalue weighted by Crippen LogP contribution is -2.76. The number of allylic oxidation sites excluding steroid dienone is 3. The van der Waals surface area contributed by atoms with E-state index in [1.54, 1.807) is 6.07 Å². The van der Waals surface area contributed by atoms with Gasteiger partial charge in [0, 0.05) is 23.3 Å². The second kappa shape index (κ2) is 10.4. The van der Waals surface area contributed by atoms with E-state index >= 15 is 0 Å². The number of halogens is 2. The SMILES string of the molecule is C[C@]12CC(C=N)=C([NH2+]c3ccc(F)nc3)C=C1CC[C@@H]1C2[C@@H](O)C[C@@]2(C)C1CC[C@]2(OC(=O)C1CC1)C(=O)SCF. The molecule has 4 fully saturated rings. The molecule has 220 valence electrons. The zero-order valence-corrected chi connectivity index (χ0v) is 24.3. The van der Waals surface area contributed by atoms with Crippen LogP contribution < -0.4 is 5.32 Å². The third-order valence-electron chi connectivity index (χ3n) is 11.0. The Kier molecular flexibility index (Phi) is 7.26. The lowest BCUT2D eigenvalue weighted by Gasteiger charge is -2.60. The van der Waals surface area contributed by atoms with E-state index in [-0.39, 0.29) is 35.1 Å². The number of rotatable bonds is 7. The number of alkyl halides is 1. The maximum atomic E-state index is 13.5. The lowest BCUT2D eigenvalue weighted by atomic mass is 9.45. The summed E-state index contributed by atoms with van der Waals surface area (Å²) in [5, 5.41) is 21.6. The Morgan fingerprint density at radius 3 is 2.71 bits per heavy atom. The van der Waals surface area contributed by atoms with Gasteiger partial charge in [-0.25, -0.2) is 9.37 Å². The molecule has 1 aromatic heterocycles. The first-order valence-corrected chi connectivity index (χ1v) is 15.6. The molecular weight excluding hydrogens is 548 g/mol. The molecule has 0 aliphatic heterocycles. The number of fused-ring (bicyclic) bond motifs is 5. The van der Waals surface area contributed by atoms with E-state index in [0.717, 1.165) is 42.6 Å². The zero-order valence-electron chi connectivity index (χ0n) is 23.5. The first kappa shape index (κ1) is 28.7. The molecule has 4 saturated carbocycles. The van der Waals surface area contributed by atoms with Gasteiger partial charge >= 0.3 is 5.97 Å². The number of aliphatic hydroxyl groups is 1. The van der Waals surface area contributed by atoms with E-state index in [1.807, 2.05) is 12.2 Å². The Bertz CT molecular complexity index is 1330. The predicted octanol–water partition coefficient (Wildman–Crippen LogP) is 4.74.